The molecule has 0 aliphatic carbocycles. The molecule has 0 aliphatic rings. The van der Waals surface area contributed by atoms with Gasteiger partial charge in [0.25, 0.3) is 0 Å². The van der Waals surface area contributed by atoms with Crippen LogP contribution in [0.1, 0.15) is 35.6 Å². The van der Waals surface area contributed by atoms with Crippen molar-refractivity contribution < 1.29 is 9.90 Å². The van der Waals surface area contributed by atoms with Gasteiger partial charge in [-0.2, -0.15) is 0 Å². The number of imidazole rings is 1. The quantitative estimate of drug-likeness (QED) is 0.884. The molecule has 0 aromatic carbocycles. The van der Waals surface area contributed by atoms with Crippen molar-refractivity contribution in [3.8, 4) is 0 Å². The van der Waals surface area contributed by atoms with Crippen molar-refractivity contribution in [1.29, 1.82) is 0 Å². The highest BCUT2D eigenvalue weighted by Gasteiger charge is 2.19. The van der Waals surface area contributed by atoms with Crippen LogP contribution in [-0.2, 0) is 6.42 Å². The van der Waals surface area contributed by atoms with Gasteiger partial charge in [0.1, 0.15) is 5.65 Å². The molecule has 0 atom stereocenters. The summed E-state index contributed by atoms with van der Waals surface area (Å²) in [6.45, 7) is 6.05. The summed E-state index contributed by atoms with van der Waals surface area (Å²) >= 11 is 0. The molecule has 0 bridgehead atoms. The Bertz CT molecular complexity index is 570. The summed E-state index contributed by atoms with van der Waals surface area (Å²) in [6.07, 6.45) is 2.44. The smallest absolute Gasteiger partial charge is 0.354 e. The summed E-state index contributed by atoms with van der Waals surface area (Å²) in [5, 5.41) is 9.30. The Morgan fingerprint density at radius 3 is 2.82 bits per heavy atom. The first-order valence-electron chi connectivity index (χ1n) is 5.70. The van der Waals surface area contributed by atoms with E-state index in [1.165, 1.54) is 0 Å². The number of aromatic carboxylic acids is 1. The van der Waals surface area contributed by atoms with Gasteiger partial charge in [0.2, 0.25) is 0 Å². The molecule has 1 N–H and O–H groups in total. The molecule has 0 spiro atoms. The maximum absolute atomic E-state index is 11.3. The zero-order valence-corrected chi connectivity index (χ0v) is 10.3. The highest BCUT2D eigenvalue weighted by atomic mass is 16.4. The molecular weight excluding hydrogens is 216 g/mol. The maximum atomic E-state index is 11.3. The molecule has 0 unspecified atom stereocenters. The molecule has 0 radical (unpaired) electrons. The van der Waals surface area contributed by atoms with E-state index in [0.29, 0.717) is 18.0 Å². The minimum absolute atomic E-state index is 0.289. The van der Waals surface area contributed by atoms with E-state index in [9.17, 15) is 9.90 Å². The van der Waals surface area contributed by atoms with Gasteiger partial charge in [-0.3, -0.25) is 4.40 Å². The highest BCUT2D eigenvalue weighted by molar-refractivity contribution is 5.88. The Hall–Kier alpha value is -1.84. The average Bonchev–Trinajstić information content (AvgIpc) is 2.56. The molecule has 0 saturated heterocycles. The van der Waals surface area contributed by atoms with E-state index in [1.54, 1.807) is 10.6 Å². The van der Waals surface area contributed by atoms with Crippen molar-refractivity contribution >= 4 is 11.6 Å². The summed E-state index contributed by atoms with van der Waals surface area (Å²) < 4.78 is 1.66. The zero-order chi connectivity index (χ0) is 12.6. The van der Waals surface area contributed by atoms with Crippen LogP contribution in [0.4, 0.5) is 0 Å². The molecule has 0 aliphatic heterocycles. The lowest BCUT2D eigenvalue weighted by Gasteiger charge is -2.02. The maximum Gasteiger partial charge on any atom is 0.354 e. The van der Waals surface area contributed by atoms with Crippen molar-refractivity contribution in [2.75, 3.05) is 0 Å². The van der Waals surface area contributed by atoms with Crippen LogP contribution in [0.5, 0.6) is 0 Å². The molecule has 0 saturated carbocycles. The first-order chi connectivity index (χ1) is 8.00. The summed E-state index contributed by atoms with van der Waals surface area (Å²) in [4.78, 5) is 15.8. The predicted octanol–water partition coefficient (Wildman–Crippen LogP) is 2.54. The minimum atomic E-state index is -0.918. The van der Waals surface area contributed by atoms with Crippen LogP contribution in [0.2, 0.25) is 0 Å². The standard InChI is InChI=1S/C13H16N2O2/c1-8(2)7-10-11(13(16)17)15-6-4-5-9(3)12(15)14-10/h4-6,8H,7H2,1-3H3,(H,16,17). The number of carboxylic acids is 1. The Morgan fingerprint density at radius 1 is 1.53 bits per heavy atom. The van der Waals surface area contributed by atoms with Crippen LogP contribution in [0, 0.1) is 12.8 Å². The van der Waals surface area contributed by atoms with Gasteiger partial charge in [-0.15, -0.1) is 0 Å². The Morgan fingerprint density at radius 2 is 2.24 bits per heavy atom. The van der Waals surface area contributed by atoms with E-state index in [4.69, 9.17) is 0 Å². The van der Waals surface area contributed by atoms with Crippen molar-refractivity contribution in [3.05, 3.63) is 35.3 Å². The second-order valence-corrected chi connectivity index (χ2v) is 4.70. The molecule has 2 aromatic heterocycles. The van der Waals surface area contributed by atoms with Crippen molar-refractivity contribution in [2.24, 2.45) is 5.92 Å². The summed E-state index contributed by atoms with van der Waals surface area (Å²) in [6, 6.07) is 3.78. The molecule has 90 valence electrons. The number of carboxylic acid groups (broad SMARTS) is 1. The fourth-order valence-electron chi connectivity index (χ4n) is 2.01. The van der Waals surface area contributed by atoms with E-state index in [0.717, 1.165) is 11.2 Å². The molecular formula is C13H16N2O2. The van der Waals surface area contributed by atoms with Gasteiger partial charge in [0.05, 0.1) is 5.69 Å². The summed E-state index contributed by atoms with van der Waals surface area (Å²) in [5.74, 6) is -0.530. The Labute approximate surface area is 99.9 Å². The van der Waals surface area contributed by atoms with E-state index in [2.05, 4.69) is 18.8 Å². The number of carbonyl (C=O) groups is 1. The van der Waals surface area contributed by atoms with Crippen molar-refractivity contribution in [1.82, 2.24) is 9.38 Å². The first-order valence-corrected chi connectivity index (χ1v) is 5.70. The zero-order valence-electron chi connectivity index (χ0n) is 10.3. The monoisotopic (exact) mass is 232 g/mol. The third-order valence-electron chi connectivity index (χ3n) is 2.72. The number of hydrogen-bond acceptors (Lipinski definition) is 2. The lowest BCUT2D eigenvalue weighted by atomic mass is 10.1. The predicted molar refractivity (Wildman–Crippen MR) is 65.4 cm³/mol. The second kappa shape index (κ2) is 4.20. The van der Waals surface area contributed by atoms with Gasteiger partial charge in [-0.1, -0.05) is 19.9 Å². The summed E-state index contributed by atoms with van der Waals surface area (Å²) in [5.41, 5.74) is 2.68. The average molecular weight is 232 g/mol. The molecule has 4 nitrogen and oxygen atoms in total. The van der Waals surface area contributed by atoms with Crippen molar-refractivity contribution in [3.63, 3.8) is 0 Å². The van der Waals surface area contributed by atoms with E-state index >= 15 is 0 Å². The molecule has 2 rings (SSSR count). The highest BCUT2D eigenvalue weighted by Crippen LogP contribution is 2.18. The Balaban J connectivity index is 2.70. The molecule has 4 heteroatoms. The second-order valence-electron chi connectivity index (χ2n) is 4.70. The summed E-state index contributed by atoms with van der Waals surface area (Å²) in [7, 11) is 0. The number of aryl methyl sites for hydroxylation is 1. The SMILES string of the molecule is Cc1cccn2c(C(=O)O)c(CC(C)C)nc12. The van der Waals surface area contributed by atoms with Gasteiger partial charge in [-0.05, 0) is 30.9 Å². The van der Waals surface area contributed by atoms with Crippen LogP contribution >= 0.6 is 0 Å². The van der Waals surface area contributed by atoms with Crippen LogP contribution in [-0.4, -0.2) is 20.5 Å². The number of fused-ring (bicyclic) bond motifs is 1. The normalized spacial score (nSPS) is 11.3. The molecule has 2 heterocycles. The van der Waals surface area contributed by atoms with E-state index in [1.807, 2.05) is 19.1 Å². The van der Waals surface area contributed by atoms with Crippen LogP contribution < -0.4 is 0 Å². The fraction of sp³-hybridized carbons (Fsp3) is 0.385. The lowest BCUT2D eigenvalue weighted by Crippen LogP contribution is -2.07. The largest absolute Gasteiger partial charge is 0.477 e. The molecule has 0 amide bonds. The van der Waals surface area contributed by atoms with E-state index < -0.39 is 5.97 Å². The fourth-order valence-corrected chi connectivity index (χ4v) is 2.01. The molecule has 17 heavy (non-hydrogen) atoms. The lowest BCUT2D eigenvalue weighted by molar-refractivity contribution is 0.0688. The molecule has 0 fully saturated rings. The topological polar surface area (TPSA) is 54.6 Å². The Kier molecular flexibility index (Phi) is 2.88. The van der Waals surface area contributed by atoms with Gasteiger partial charge < -0.3 is 5.11 Å². The first kappa shape index (κ1) is 11.6. The van der Waals surface area contributed by atoms with Gasteiger partial charge >= 0.3 is 5.97 Å². The van der Waals surface area contributed by atoms with Gasteiger partial charge in [-0.25, -0.2) is 9.78 Å². The van der Waals surface area contributed by atoms with Crippen LogP contribution in [0.3, 0.4) is 0 Å². The number of aromatic nitrogens is 2. The number of nitrogens with zero attached hydrogens (tertiary/aromatic N) is 2. The minimum Gasteiger partial charge on any atom is -0.477 e. The third-order valence-corrected chi connectivity index (χ3v) is 2.72. The number of pyridine rings is 1. The van der Waals surface area contributed by atoms with Gasteiger partial charge in [0.15, 0.2) is 5.69 Å². The number of hydrogen-bond donors (Lipinski definition) is 1. The van der Waals surface area contributed by atoms with E-state index in [-0.39, 0.29) is 5.69 Å². The number of rotatable bonds is 3. The van der Waals surface area contributed by atoms with Gasteiger partial charge in [0, 0.05) is 6.20 Å². The van der Waals surface area contributed by atoms with Crippen LogP contribution in [0.25, 0.3) is 5.65 Å². The molecule has 2 aromatic rings. The third kappa shape index (κ3) is 2.02. The van der Waals surface area contributed by atoms with Crippen LogP contribution in [0.15, 0.2) is 18.3 Å². The van der Waals surface area contributed by atoms with Crippen molar-refractivity contribution in [2.45, 2.75) is 27.2 Å².